The Morgan fingerprint density at radius 2 is 2.05 bits per heavy atom. The van der Waals surface area contributed by atoms with Crippen LogP contribution < -0.4 is 4.74 Å². The predicted octanol–water partition coefficient (Wildman–Crippen LogP) is 3.95. The van der Waals surface area contributed by atoms with Gasteiger partial charge in [-0.3, -0.25) is 4.79 Å². The number of benzene rings is 2. The molecule has 20 heavy (non-hydrogen) atoms. The molecule has 0 radical (unpaired) electrons. The van der Waals surface area contributed by atoms with Gasteiger partial charge in [-0.1, -0.05) is 17.7 Å². The van der Waals surface area contributed by atoms with Gasteiger partial charge < -0.3 is 4.74 Å². The molecule has 0 aliphatic carbocycles. The SMILES string of the molecule is Cc1ccc(F)cc1C(=O)c1cc(Cl)cc2c1OCC2. The molecule has 0 spiro atoms. The molecule has 4 heteroatoms. The van der Waals surface area contributed by atoms with E-state index in [2.05, 4.69) is 0 Å². The molecule has 0 saturated heterocycles. The van der Waals surface area contributed by atoms with Crippen LogP contribution in [0.4, 0.5) is 4.39 Å². The molecule has 0 N–H and O–H groups in total. The van der Waals surface area contributed by atoms with Crippen LogP contribution in [0, 0.1) is 12.7 Å². The van der Waals surface area contributed by atoms with Crippen LogP contribution in [0.15, 0.2) is 30.3 Å². The standard InChI is InChI=1S/C16H12ClFO2/c1-9-2-3-12(18)8-13(9)15(19)14-7-11(17)6-10-4-5-20-16(10)14/h2-3,6-8H,4-5H2,1H3. The monoisotopic (exact) mass is 290 g/mol. The molecular weight excluding hydrogens is 279 g/mol. The molecule has 0 aromatic heterocycles. The molecule has 0 amide bonds. The van der Waals surface area contributed by atoms with E-state index in [0.717, 1.165) is 17.5 Å². The van der Waals surface area contributed by atoms with Crippen molar-refractivity contribution in [3.63, 3.8) is 0 Å². The second-order valence-corrected chi connectivity index (χ2v) is 5.26. The lowest BCUT2D eigenvalue weighted by atomic mass is 9.96. The lowest BCUT2D eigenvalue weighted by molar-refractivity contribution is 0.103. The van der Waals surface area contributed by atoms with E-state index in [-0.39, 0.29) is 5.78 Å². The van der Waals surface area contributed by atoms with Crippen molar-refractivity contribution >= 4 is 17.4 Å². The average Bonchev–Trinajstić information content (AvgIpc) is 2.87. The fraction of sp³-hybridized carbons (Fsp3) is 0.188. The van der Waals surface area contributed by atoms with Crippen LogP contribution in [0.1, 0.15) is 27.0 Å². The zero-order valence-electron chi connectivity index (χ0n) is 10.9. The summed E-state index contributed by atoms with van der Waals surface area (Å²) in [5.41, 5.74) is 2.39. The van der Waals surface area contributed by atoms with Crippen LogP contribution in [0.2, 0.25) is 5.02 Å². The molecule has 0 bridgehead atoms. The summed E-state index contributed by atoms with van der Waals surface area (Å²) in [7, 11) is 0. The largest absolute Gasteiger partial charge is 0.492 e. The van der Waals surface area contributed by atoms with E-state index in [1.165, 1.54) is 12.1 Å². The van der Waals surface area contributed by atoms with E-state index in [9.17, 15) is 9.18 Å². The Balaban J connectivity index is 2.14. The molecule has 2 nitrogen and oxygen atoms in total. The molecule has 1 aliphatic heterocycles. The summed E-state index contributed by atoms with van der Waals surface area (Å²) in [4.78, 5) is 12.6. The van der Waals surface area contributed by atoms with Crippen LogP contribution in [0.3, 0.4) is 0 Å². The van der Waals surface area contributed by atoms with Crippen LogP contribution >= 0.6 is 11.6 Å². The topological polar surface area (TPSA) is 26.3 Å². The third kappa shape index (κ3) is 2.18. The van der Waals surface area contributed by atoms with E-state index in [0.29, 0.717) is 28.5 Å². The van der Waals surface area contributed by atoms with Crippen molar-refractivity contribution < 1.29 is 13.9 Å². The number of aryl methyl sites for hydroxylation is 1. The van der Waals surface area contributed by atoms with E-state index >= 15 is 0 Å². The van der Waals surface area contributed by atoms with Crippen LogP contribution in [0.5, 0.6) is 5.75 Å². The summed E-state index contributed by atoms with van der Waals surface area (Å²) >= 11 is 6.05. The van der Waals surface area contributed by atoms with Crippen LogP contribution in [-0.2, 0) is 6.42 Å². The van der Waals surface area contributed by atoms with Gasteiger partial charge in [-0.15, -0.1) is 0 Å². The summed E-state index contributed by atoms with van der Waals surface area (Å²) < 4.78 is 18.9. The van der Waals surface area contributed by atoms with Gasteiger partial charge in [0.05, 0.1) is 12.2 Å². The molecule has 3 rings (SSSR count). The number of carbonyl (C=O) groups excluding carboxylic acids is 1. The third-order valence-corrected chi connectivity index (χ3v) is 3.66. The van der Waals surface area contributed by atoms with Crippen molar-refractivity contribution in [3.05, 3.63) is 63.4 Å². The van der Waals surface area contributed by atoms with Crippen molar-refractivity contribution in [2.75, 3.05) is 6.61 Å². The minimum Gasteiger partial charge on any atom is -0.492 e. The molecule has 1 aliphatic rings. The molecule has 2 aromatic rings. The molecule has 102 valence electrons. The first-order valence-corrected chi connectivity index (χ1v) is 6.70. The highest BCUT2D eigenvalue weighted by atomic mass is 35.5. The van der Waals surface area contributed by atoms with Gasteiger partial charge in [0.15, 0.2) is 5.78 Å². The van der Waals surface area contributed by atoms with E-state index < -0.39 is 5.82 Å². The highest BCUT2D eigenvalue weighted by Crippen LogP contribution is 2.34. The summed E-state index contributed by atoms with van der Waals surface area (Å²) in [5, 5.41) is 0.492. The fourth-order valence-corrected chi connectivity index (χ4v) is 2.66. The van der Waals surface area contributed by atoms with Crippen molar-refractivity contribution in [2.24, 2.45) is 0 Å². The average molecular weight is 291 g/mol. The molecule has 2 aromatic carbocycles. The molecular formula is C16H12ClFO2. The van der Waals surface area contributed by atoms with Crippen LogP contribution in [-0.4, -0.2) is 12.4 Å². The van der Waals surface area contributed by atoms with Crippen molar-refractivity contribution in [1.82, 2.24) is 0 Å². The quantitative estimate of drug-likeness (QED) is 0.783. The Hall–Kier alpha value is -1.87. The first-order chi connectivity index (χ1) is 9.56. The molecule has 0 fully saturated rings. The first-order valence-electron chi connectivity index (χ1n) is 6.32. The molecule has 0 unspecified atom stereocenters. The summed E-state index contributed by atoms with van der Waals surface area (Å²) in [6.07, 6.45) is 0.734. The number of fused-ring (bicyclic) bond motifs is 1. The number of rotatable bonds is 2. The zero-order chi connectivity index (χ0) is 14.3. The van der Waals surface area contributed by atoms with Gasteiger partial charge >= 0.3 is 0 Å². The maximum atomic E-state index is 13.4. The minimum absolute atomic E-state index is 0.261. The summed E-state index contributed by atoms with van der Waals surface area (Å²) in [6, 6.07) is 7.57. The summed E-state index contributed by atoms with van der Waals surface area (Å²) in [6.45, 7) is 2.32. The Bertz CT molecular complexity index is 710. The van der Waals surface area contributed by atoms with Crippen molar-refractivity contribution in [3.8, 4) is 5.75 Å². The number of halogens is 2. The van der Waals surface area contributed by atoms with E-state index in [1.54, 1.807) is 25.1 Å². The Kier molecular flexibility index (Phi) is 3.22. The molecule has 0 atom stereocenters. The lowest BCUT2D eigenvalue weighted by Crippen LogP contribution is -2.06. The number of ether oxygens (including phenoxy) is 1. The fourth-order valence-electron chi connectivity index (χ4n) is 2.42. The maximum Gasteiger partial charge on any atom is 0.197 e. The number of carbonyl (C=O) groups is 1. The highest BCUT2D eigenvalue weighted by molar-refractivity contribution is 6.31. The van der Waals surface area contributed by atoms with Gasteiger partial charge in [-0.05, 0) is 42.3 Å². The van der Waals surface area contributed by atoms with Gasteiger partial charge in [-0.25, -0.2) is 4.39 Å². The minimum atomic E-state index is -0.432. The molecule has 1 heterocycles. The Morgan fingerprint density at radius 1 is 1.25 bits per heavy atom. The smallest absolute Gasteiger partial charge is 0.197 e. The second-order valence-electron chi connectivity index (χ2n) is 4.83. The van der Waals surface area contributed by atoms with Gasteiger partial charge in [0.1, 0.15) is 11.6 Å². The predicted molar refractivity (Wildman–Crippen MR) is 75.2 cm³/mol. The second kappa shape index (κ2) is 4.91. The van der Waals surface area contributed by atoms with Gasteiger partial charge in [0.25, 0.3) is 0 Å². The van der Waals surface area contributed by atoms with E-state index in [4.69, 9.17) is 16.3 Å². The Morgan fingerprint density at radius 3 is 2.85 bits per heavy atom. The highest BCUT2D eigenvalue weighted by Gasteiger charge is 2.23. The summed E-state index contributed by atoms with van der Waals surface area (Å²) in [5.74, 6) is -0.121. The lowest BCUT2D eigenvalue weighted by Gasteiger charge is -2.10. The Labute approximate surface area is 121 Å². The number of hydrogen-bond donors (Lipinski definition) is 0. The zero-order valence-corrected chi connectivity index (χ0v) is 11.6. The maximum absolute atomic E-state index is 13.4. The normalized spacial score (nSPS) is 12.9. The third-order valence-electron chi connectivity index (χ3n) is 3.44. The van der Waals surface area contributed by atoms with E-state index in [1.807, 2.05) is 0 Å². The van der Waals surface area contributed by atoms with Gasteiger partial charge in [0.2, 0.25) is 0 Å². The van der Waals surface area contributed by atoms with Crippen molar-refractivity contribution in [2.45, 2.75) is 13.3 Å². The number of ketones is 1. The molecule has 0 saturated carbocycles. The van der Waals surface area contributed by atoms with Crippen molar-refractivity contribution in [1.29, 1.82) is 0 Å². The number of hydrogen-bond acceptors (Lipinski definition) is 2. The van der Waals surface area contributed by atoms with Crippen LogP contribution in [0.25, 0.3) is 0 Å². The van der Waals surface area contributed by atoms with Gasteiger partial charge in [0, 0.05) is 17.0 Å². The van der Waals surface area contributed by atoms with Gasteiger partial charge in [-0.2, -0.15) is 0 Å². The first kappa shape index (κ1) is 13.1.